The van der Waals surface area contributed by atoms with Crippen molar-refractivity contribution >= 4 is 17.9 Å². The maximum atomic E-state index is 12.8. The summed E-state index contributed by atoms with van der Waals surface area (Å²) in [5.74, 6) is -0.990. The number of unbranched alkanes of at least 4 members (excludes halogenated alkanes) is 19. The van der Waals surface area contributed by atoms with Crippen LogP contribution in [0.2, 0.25) is 0 Å². The molecule has 67 heavy (non-hydrogen) atoms. The minimum Gasteiger partial charge on any atom is -0.462 e. The van der Waals surface area contributed by atoms with Gasteiger partial charge in [-0.15, -0.1) is 0 Å². The molecule has 0 fully saturated rings. The minimum absolute atomic E-state index is 0.111. The number of esters is 3. The van der Waals surface area contributed by atoms with E-state index in [1.807, 2.05) is 72.9 Å². The Kier molecular flexibility index (Phi) is 50.1. The van der Waals surface area contributed by atoms with Crippen molar-refractivity contribution in [1.29, 1.82) is 0 Å². The molecule has 0 aliphatic rings. The standard InChI is InChI=1S/C61H94O6/c1-4-7-10-13-16-19-22-25-28-29-30-31-34-36-39-42-45-48-51-54-60(63)66-57-58(67-61(64)55-52-49-46-43-40-37-33-27-24-21-18-15-12-9-6-3)56-65-59(62)53-50-47-44-41-38-35-32-26-23-20-17-14-11-8-5-2/h7,9-10,12-13,15-26,28-31,34,36,39,58H,4-6,8,11,14,27,32-33,35,37-38,40-57H2,1-3H3/b10-7-,12-9-,16-13-,18-15-,20-17-,22-19-,24-21-,26-23-,28-25-,30-29+,34-31-,39-36-. The summed E-state index contributed by atoms with van der Waals surface area (Å²) in [4.78, 5) is 38.1. The largest absolute Gasteiger partial charge is 0.462 e. The highest BCUT2D eigenvalue weighted by molar-refractivity contribution is 5.71. The fourth-order valence-corrected chi connectivity index (χ4v) is 6.65. The van der Waals surface area contributed by atoms with E-state index in [0.717, 1.165) is 103 Å². The summed E-state index contributed by atoms with van der Waals surface area (Å²) < 4.78 is 16.8. The Morgan fingerprint density at radius 3 is 0.940 bits per heavy atom. The van der Waals surface area contributed by atoms with Crippen molar-refractivity contribution in [1.82, 2.24) is 0 Å². The molecule has 0 aromatic carbocycles. The number of hydrogen-bond donors (Lipinski definition) is 0. The highest BCUT2D eigenvalue weighted by Crippen LogP contribution is 2.13. The van der Waals surface area contributed by atoms with Gasteiger partial charge < -0.3 is 14.2 Å². The van der Waals surface area contributed by atoms with Crippen molar-refractivity contribution in [2.24, 2.45) is 0 Å². The second-order valence-corrected chi connectivity index (χ2v) is 16.9. The van der Waals surface area contributed by atoms with Crippen LogP contribution in [0.5, 0.6) is 0 Å². The molecule has 0 aliphatic heterocycles. The van der Waals surface area contributed by atoms with Crippen LogP contribution in [0, 0.1) is 0 Å². The number of rotatable bonds is 45. The van der Waals surface area contributed by atoms with Crippen LogP contribution in [0.15, 0.2) is 146 Å². The molecule has 0 saturated heterocycles. The average molecular weight is 923 g/mol. The first-order valence-electron chi connectivity index (χ1n) is 26.5. The van der Waals surface area contributed by atoms with Crippen LogP contribution in [0.3, 0.4) is 0 Å². The van der Waals surface area contributed by atoms with E-state index in [-0.39, 0.29) is 31.1 Å². The number of hydrogen-bond acceptors (Lipinski definition) is 6. The lowest BCUT2D eigenvalue weighted by Gasteiger charge is -2.18. The number of carbonyl (C=O) groups excluding carboxylic acids is 3. The highest BCUT2D eigenvalue weighted by atomic mass is 16.6. The van der Waals surface area contributed by atoms with Crippen LogP contribution in [0.4, 0.5) is 0 Å². The van der Waals surface area contributed by atoms with Crippen LogP contribution >= 0.6 is 0 Å². The van der Waals surface area contributed by atoms with Gasteiger partial charge >= 0.3 is 17.9 Å². The van der Waals surface area contributed by atoms with E-state index in [9.17, 15) is 14.4 Å². The van der Waals surface area contributed by atoms with Crippen LogP contribution in [0.25, 0.3) is 0 Å². The lowest BCUT2D eigenvalue weighted by Crippen LogP contribution is -2.30. The topological polar surface area (TPSA) is 78.9 Å². The van der Waals surface area contributed by atoms with Gasteiger partial charge in [0.25, 0.3) is 0 Å². The Labute approximate surface area is 410 Å². The van der Waals surface area contributed by atoms with Gasteiger partial charge in [-0.05, 0) is 83.5 Å². The summed E-state index contributed by atoms with van der Waals surface area (Å²) in [6.07, 6.45) is 76.7. The van der Waals surface area contributed by atoms with Crippen molar-refractivity contribution in [2.45, 2.75) is 207 Å². The fraction of sp³-hybridized carbons (Fsp3) is 0.557. The molecular weight excluding hydrogens is 829 g/mol. The van der Waals surface area contributed by atoms with Crippen molar-refractivity contribution in [2.75, 3.05) is 13.2 Å². The monoisotopic (exact) mass is 923 g/mol. The molecular formula is C61H94O6. The molecule has 0 heterocycles. The molecule has 0 rings (SSSR count). The fourth-order valence-electron chi connectivity index (χ4n) is 6.65. The smallest absolute Gasteiger partial charge is 0.306 e. The summed E-state index contributed by atoms with van der Waals surface area (Å²) in [5, 5.41) is 0. The predicted octanol–water partition coefficient (Wildman–Crippen LogP) is 17.6. The van der Waals surface area contributed by atoms with Gasteiger partial charge in [-0.3, -0.25) is 14.4 Å². The molecule has 0 bridgehead atoms. The first-order chi connectivity index (χ1) is 33.0. The van der Waals surface area contributed by atoms with E-state index >= 15 is 0 Å². The Hall–Kier alpha value is -4.71. The van der Waals surface area contributed by atoms with E-state index in [1.54, 1.807) is 0 Å². The van der Waals surface area contributed by atoms with Gasteiger partial charge in [-0.25, -0.2) is 0 Å². The molecule has 0 radical (unpaired) electrons. The summed E-state index contributed by atoms with van der Waals surface area (Å²) in [6, 6.07) is 0. The second-order valence-electron chi connectivity index (χ2n) is 16.9. The molecule has 0 spiro atoms. The zero-order chi connectivity index (χ0) is 48.6. The van der Waals surface area contributed by atoms with Gasteiger partial charge in [-0.1, -0.05) is 244 Å². The molecule has 0 saturated carbocycles. The third kappa shape index (κ3) is 52.1. The lowest BCUT2D eigenvalue weighted by atomic mass is 10.1. The molecule has 0 aromatic rings. The maximum absolute atomic E-state index is 12.8. The first kappa shape index (κ1) is 62.3. The van der Waals surface area contributed by atoms with Gasteiger partial charge in [0, 0.05) is 19.3 Å². The predicted molar refractivity (Wildman–Crippen MR) is 288 cm³/mol. The normalized spacial score (nSPS) is 13.3. The Balaban J connectivity index is 4.56. The molecule has 1 atom stereocenters. The zero-order valence-electron chi connectivity index (χ0n) is 42.6. The number of carbonyl (C=O) groups is 3. The van der Waals surface area contributed by atoms with Crippen molar-refractivity contribution in [3.05, 3.63) is 146 Å². The Morgan fingerprint density at radius 2 is 0.582 bits per heavy atom. The lowest BCUT2D eigenvalue weighted by molar-refractivity contribution is -0.167. The van der Waals surface area contributed by atoms with Crippen LogP contribution in [-0.4, -0.2) is 37.2 Å². The van der Waals surface area contributed by atoms with Gasteiger partial charge in [0.2, 0.25) is 0 Å². The van der Waals surface area contributed by atoms with Gasteiger partial charge in [0.05, 0.1) is 0 Å². The molecule has 0 aliphatic carbocycles. The Bertz CT molecular complexity index is 1530. The number of ether oxygens (including phenoxy) is 3. The van der Waals surface area contributed by atoms with Crippen molar-refractivity contribution < 1.29 is 28.6 Å². The minimum atomic E-state index is -0.815. The summed E-state index contributed by atoms with van der Waals surface area (Å²) in [5.41, 5.74) is 0. The van der Waals surface area contributed by atoms with E-state index in [0.29, 0.717) is 19.3 Å². The summed E-state index contributed by atoms with van der Waals surface area (Å²) in [6.45, 7) is 6.25. The molecule has 0 aromatic heterocycles. The summed E-state index contributed by atoms with van der Waals surface area (Å²) >= 11 is 0. The molecule has 6 nitrogen and oxygen atoms in total. The maximum Gasteiger partial charge on any atom is 0.306 e. The second kappa shape index (κ2) is 53.9. The zero-order valence-corrected chi connectivity index (χ0v) is 42.6. The van der Waals surface area contributed by atoms with E-state index < -0.39 is 6.10 Å². The van der Waals surface area contributed by atoms with Crippen molar-refractivity contribution in [3.8, 4) is 0 Å². The third-order valence-electron chi connectivity index (χ3n) is 10.6. The van der Waals surface area contributed by atoms with E-state index in [1.165, 1.54) is 57.8 Å². The molecule has 1 unspecified atom stereocenters. The van der Waals surface area contributed by atoms with Crippen LogP contribution in [0.1, 0.15) is 201 Å². The average Bonchev–Trinajstić information content (AvgIpc) is 3.33. The molecule has 0 amide bonds. The first-order valence-corrected chi connectivity index (χ1v) is 26.5. The van der Waals surface area contributed by atoms with E-state index in [4.69, 9.17) is 14.2 Å². The molecule has 0 N–H and O–H groups in total. The van der Waals surface area contributed by atoms with Gasteiger partial charge in [-0.2, -0.15) is 0 Å². The SMILES string of the molecule is CC\C=C/C=C\C=C/C=C\C=C\C=C/C=C\CCCCCC(=O)OCC(COC(=O)CCCCCCCC/C=C\C=C/CCCCC)OC(=O)CCCCCCCCC\C=C/C=C\C=C/CC. The number of allylic oxidation sites excluding steroid dienone is 24. The highest BCUT2D eigenvalue weighted by Gasteiger charge is 2.19. The van der Waals surface area contributed by atoms with E-state index in [2.05, 4.69) is 93.7 Å². The third-order valence-corrected chi connectivity index (χ3v) is 10.6. The molecule has 6 heteroatoms. The van der Waals surface area contributed by atoms with Crippen molar-refractivity contribution in [3.63, 3.8) is 0 Å². The Morgan fingerprint density at radius 1 is 0.313 bits per heavy atom. The quantitative estimate of drug-likeness (QED) is 0.0262. The summed E-state index contributed by atoms with van der Waals surface area (Å²) in [7, 11) is 0. The van der Waals surface area contributed by atoms with Crippen LogP contribution < -0.4 is 0 Å². The molecule has 374 valence electrons. The van der Waals surface area contributed by atoms with Gasteiger partial charge in [0.15, 0.2) is 6.10 Å². The van der Waals surface area contributed by atoms with Gasteiger partial charge in [0.1, 0.15) is 13.2 Å². The van der Waals surface area contributed by atoms with Crippen LogP contribution in [-0.2, 0) is 28.6 Å².